The molecule has 1 aromatic rings. The normalized spacial score (nSPS) is 11.5. The molecule has 24 heavy (non-hydrogen) atoms. The molecule has 0 radical (unpaired) electrons. The summed E-state index contributed by atoms with van der Waals surface area (Å²) in [5, 5.41) is 1.89. The van der Waals surface area contributed by atoms with E-state index in [1.807, 2.05) is 23.5 Å². The van der Waals surface area contributed by atoms with Crippen LogP contribution in [0.5, 0.6) is 0 Å². The summed E-state index contributed by atoms with van der Waals surface area (Å²) in [5.74, 6) is -0.838. The Morgan fingerprint density at radius 2 is 2.00 bits per heavy atom. The Kier molecular flexibility index (Phi) is 9.86. The third-order valence-corrected chi connectivity index (χ3v) is 4.43. The van der Waals surface area contributed by atoms with E-state index in [2.05, 4.69) is 6.07 Å². The molecule has 0 bridgehead atoms. The van der Waals surface area contributed by atoms with E-state index in [0.29, 0.717) is 12.8 Å². The summed E-state index contributed by atoms with van der Waals surface area (Å²) in [5.41, 5.74) is 1.07. The fraction of sp³-hybridized carbons (Fsp3) is 0.588. The van der Waals surface area contributed by atoms with Gasteiger partial charge >= 0.3 is 12.1 Å². The Labute approximate surface area is 145 Å². The minimum absolute atomic E-state index is 0.0230. The van der Waals surface area contributed by atoms with Gasteiger partial charge in [0.25, 0.3) is 0 Å². The van der Waals surface area contributed by atoms with Gasteiger partial charge < -0.3 is 10.1 Å². The summed E-state index contributed by atoms with van der Waals surface area (Å²) in [4.78, 5) is 11.9. The number of nitrogens with one attached hydrogen (secondary N) is 1. The molecule has 7 heteroatoms. The fourth-order valence-corrected chi connectivity index (χ4v) is 3.09. The minimum Gasteiger partial charge on any atom is -0.385 e. The average Bonchev–Trinajstić information content (AvgIpc) is 2.54. The molecule has 1 amide bonds. The standard InChI is InChI=1S/C17H24F3NO2S/c1-23-11-3-2-4-12-24-15-9-5-7-14(13-15)8-6-10-21-16(22)17(18,19)20/h5,7,9,13H,2-4,6,8,10-12H2,1H3,(H,21,22). The first-order valence-electron chi connectivity index (χ1n) is 7.99. The third-order valence-electron chi connectivity index (χ3n) is 3.35. The lowest BCUT2D eigenvalue weighted by Gasteiger charge is -2.08. The Balaban J connectivity index is 2.24. The number of thioether (sulfide) groups is 1. The maximum Gasteiger partial charge on any atom is 0.471 e. The van der Waals surface area contributed by atoms with Gasteiger partial charge in [0.2, 0.25) is 0 Å². The van der Waals surface area contributed by atoms with Crippen LogP contribution in [0, 0.1) is 0 Å². The molecule has 0 saturated heterocycles. The molecule has 0 fully saturated rings. The van der Waals surface area contributed by atoms with Crippen LogP contribution < -0.4 is 5.32 Å². The summed E-state index contributed by atoms with van der Waals surface area (Å²) in [6, 6.07) is 8.01. The summed E-state index contributed by atoms with van der Waals surface area (Å²) >= 11 is 1.78. The summed E-state index contributed by atoms with van der Waals surface area (Å²) < 4.78 is 41.1. The van der Waals surface area contributed by atoms with Crippen molar-refractivity contribution >= 4 is 17.7 Å². The van der Waals surface area contributed by atoms with Gasteiger partial charge in [0.05, 0.1) is 0 Å². The highest BCUT2D eigenvalue weighted by Gasteiger charge is 2.38. The maximum absolute atomic E-state index is 12.0. The molecule has 0 aliphatic rings. The van der Waals surface area contributed by atoms with Gasteiger partial charge in [-0.05, 0) is 49.1 Å². The summed E-state index contributed by atoms with van der Waals surface area (Å²) in [6.45, 7) is 0.820. The number of hydrogen-bond acceptors (Lipinski definition) is 3. The van der Waals surface area contributed by atoms with Crippen LogP contribution >= 0.6 is 11.8 Å². The minimum atomic E-state index is -4.81. The monoisotopic (exact) mass is 363 g/mol. The van der Waals surface area contributed by atoms with Gasteiger partial charge in [-0.25, -0.2) is 0 Å². The SMILES string of the molecule is COCCCCCSc1cccc(CCCNC(=O)C(F)(F)F)c1. The number of carbonyl (C=O) groups is 1. The first kappa shape index (κ1) is 20.8. The van der Waals surface area contributed by atoms with E-state index >= 15 is 0 Å². The smallest absolute Gasteiger partial charge is 0.385 e. The number of halogens is 3. The number of ether oxygens (including phenoxy) is 1. The van der Waals surface area contributed by atoms with E-state index < -0.39 is 12.1 Å². The number of alkyl halides is 3. The molecular weight excluding hydrogens is 339 g/mol. The highest BCUT2D eigenvalue weighted by Crippen LogP contribution is 2.21. The van der Waals surface area contributed by atoms with Gasteiger partial charge in [-0.1, -0.05) is 18.6 Å². The number of unbranched alkanes of at least 4 members (excludes halogenated alkanes) is 2. The number of amides is 1. The third kappa shape index (κ3) is 9.17. The van der Waals surface area contributed by atoms with Crippen LogP contribution in [0.25, 0.3) is 0 Å². The van der Waals surface area contributed by atoms with E-state index in [-0.39, 0.29) is 6.54 Å². The topological polar surface area (TPSA) is 38.3 Å². The number of hydrogen-bond donors (Lipinski definition) is 1. The molecule has 0 saturated carbocycles. The van der Waals surface area contributed by atoms with Crippen molar-refractivity contribution in [1.29, 1.82) is 0 Å². The van der Waals surface area contributed by atoms with E-state index in [1.165, 1.54) is 4.90 Å². The zero-order valence-corrected chi connectivity index (χ0v) is 14.6. The zero-order valence-electron chi connectivity index (χ0n) is 13.8. The molecule has 3 nitrogen and oxygen atoms in total. The maximum atomic E-state index is 12.0. The number of rotatable bonds is 11. The summed E-state index contributed by atoms with van der Waals surface area (Å²) in [6.07, 6.45) is -0.352. The Hall–Kier alpha value is -1.21. The number of methoxy groups -OCH3 is 1. The van der Waals surface area contributed by atoms with Crippen molar-refractivity contribution in [2.75, 3.05) is 26.0 Å². The lowest BCUT2D eigenvalue weighted by molar-refractivity contribution is -0.173. The predicted octanol–water partition coefficient (Wildman–Crippen LogP) is 4.21. The highest BCUT2D eigenvalue weighted by atomic mass is 32.2. The van der Waals surface area contributed by atoms with Crippen LogP contribution in [0.2, 0.25) is 0 Å². The molecule has 136 valence electrons. The van der Waals surface area contributed by atoms with Crippen LogP contribution in [0.1, 0.15) is 31.2 Å². The second-order valence-corrected chi connectivity index (χ2v) is 6.57. The molecule has 0 heterocycles. The predicted molar refractivity (Wildman–Crippen MR) is 90.3 cm³/mol. The molecule has 0 unspecified atom stereocenters. The molecule has 1 N–H and O–H groups in total. The lowest BCUT2D eigenvalue weighted by atomic mass is 10.1. The van der Waals surface area contributed by atoms with Crippen molar-refractivity contribution in [3.8, 4) is 0 Å². The molecule has 0 spiro atoms. The molecule has 0 atom stereocenters. The van der Waals surface area contributed by atoms with Crippen LogP contribution in [0.4, 0.5) is 13.2 Å². The summed E-state index contributed by atoms with van der Waals surface area (Å²) in [7, 11) is 1.70. The van der Waals surface area contributed by atoms with Gasteiger partial charge in [-0.2, -0.15) is 13.2 Å². The van der Waals surface area contributed by atoms with Gasteiger partial charge in [-0.3, -0.25) is 4.79 Å². The second-order valence-electron chi connectivity index (χ2n) is 5.41. The number of aryl methyl sites for hydroxylation is 1. The van der Waals surface area contributed by atoms with Crippen molar-refractivity contribution in [1.82, 2.24) is 5.32 Å². The first-order valence-corrected chi connectivity index (χ1v) is 8.97. The molecule has 0 aromatic heterocycles. The van der Waals surface area contributed by atoms with E-state index in [0.717, 1.165) is 37.2 Å². The van der Waals surface area contributed by atoms with Crippen molar-refractivity contribution in [2.45, 2.75) is 43.2 Å². The van der Waals surface area contributed by atoms with Gasteiger partial charge in [0.15, 0.2) is 0 Å². The van der Waals surface area contributed by atoms with Crippen molar-refractivity contribution in [3.05, 3.63) is 29.8 Å². The van der Waals surface area contributed by atoms with Crippen LogP contribution in [0.3, 0.4) is 0 Å². The first-order chi connectivity index (χ1) is 11.4. The molecule has 0 aliphatic carbocycles. The molecular formula is C17H24F3NO2S. The highest BCUT2D eigenvalue weighted by molar-refractivity contribution is 7.99. The molecule has 1 rings (SSSR count). The Bertz CT molecular complexity index is 495. The lowest BCUT2D eigenvalue weighted by Crippen LogP contribution is -2.37. The van der Waals surface area contributed by atoms with Crippen LogP contribution in [0.15, 0.2) is 29.2 Å². The Morgan fingerprint density at radius 1 is 1.21 bits per heavy atom. The zero-order chi connectivity index (χ0) is 17.8. The Morgan fingerprint density at radius 3 is 2.71 bits per heavy atom. The van der Waals surface area contributed by atoms with Crippen molar-refractivity contribution < 1.29 is 22.7 Å². The van der Waals surface area contributed by atoms with E-state index in [1.54, 1.807) is 18.9 Å². The number of carbonyl (C=O) groups excluding carboxylic acids is 1. The second kappa shape index (κ2) is 11.4. The van der Waals surface area contributed by atoms with E-state index in [4.69, 9.17) is 4.74 Å². The van der Waals surface area contributed by atoms with E-state index in [9.17, 15) is 18.0 Å². The largest absolute Gasteiger partial charge is 0.471 e. The van der Waals surface area contributed by atoms with Gasteiger partial charge in [0, 0.05) is 25.2 Å². The van der Waals surface area contributed by atoms with Crippen molar-refractivity contribution in [3.63, 3.8) is 0 Å². The van der Waals surface area contributed by atoms with Gasteiger partial charge in [0.1, 0.15) is 0 Å². The quantitative estimate of drug-likeness (QED) is 0.473. The number of benzene rings is 1. The van der Waals surface area contributed by atoms with Crippen molar-refractivity contribution in [2.24, 2.45) is 0 Å². The van der Waals surface area contributed by atoms with Gasteiger partial charge in [-0.15, -0.1) is 11.8 Å². The molecule has 0 aliphatic heterocycles. The van der Waals surface area contributed by atoms with Crippen LogP contribution in [-0.4, -0.2) is 38.1 Å². The van der Waals surface area contributed by atoms with Crippen LogP contribution in [-0.2, 0) is 16.0 Å². The molecule has 1 aromatic carbocycles. The fourth-order valence-electron chi connectivity index (χ4n) is 2.10. The average molecular weight is 363 g/mol.